The number of aryl methyl sites for hydroxylation is 1. The van der Waals surface area contributed by atoms with Crippen molar-refractivity contribution in [2.75, 3.05) is 11.9 Å². The molecule has 0 aromatic heterocycles. The average molecular weight is 278 g/mol. The fourth-order valence-corrected chi connectivity index (χ4v) is 1.96. The number of rotatable bonds is 7. The van der Waals surface area contributed by atoms with Gasteiger partial charge in [0, 0.05) is 6.42 Å². The van der Waals surface area contributed by atoms with Crippen molar-refractivity contribution >= 4 is 17.6 Å². The van der Waals surface area contributed by atoms with Crippen molar-refractivity contribution in [2.24, 2.45) is 11.7 Å². The van der Waals surface area contributed by atoms with Crippen molar-refractivity contribution in [3.63, 3.8) is 0 Å². The average Bonchev–Trinajstić information content (AvgIpc) is 2.38. The zero-order chi connectivity index (χ0) is 15.1. The number of hydrogen-bond acceptors (Lipinski definition) is 3. The van der Waals surface area contributed by atoms with E-state index in [2.05, 4.69) is 12.2 Å². The predicted molar refractivity (Wildman–Crippen MR) is 78.8 cm³/mol. The number of carbonyl (C=O) groups is 2. The number of nitrogens with two attached hydrogens (primary N) is 1. The molecule has 1 aromatic rings. The van der Waals surface area contributed by atoms with E-state index < -0.39 is 5.97 Å². The van der Waals surface area contributed by atoms with Gasteiger partial charge in [-0.1, -0.05) is 18.6 Å². The maximum absolute atomic E-state index is 11.8. The first kappa shape index (κ1) is 16.2. The van der Waals surface area contributed by atoms with Crippen LogP contribution in [0.1, 0.15) is 42.1 Å². The van der Waals surface area contributed by atoms with Crippen LogP contribution < -0.4 is 11.1 Å². The van der Waals surface area contributed by atoms with Gasteiger partial charge in [0.1, 0.15) is 0 Å². The van der Waals surface area contributed by atoms with Gasteiger partial charge in [-0.15, -0.1) is 0 Å². The summed E-state index contributed by atoms with van der Waals surface area (Å²) in [6, 6.07) is 4.95. The SMILES string of the molecule is Cc1ccc(NC(=O)CCC(C)CCN)c(C(=O)O)c1. The predicted octanol–water partition coefficient (Wildman–Crippen LogP) is 2.40. The number of amides is 1. The van der Waals surface area contributed by atoms with Crippen LogP contribution in [0.2, 0.25) is 0 Å². The van der Waals surface area contributed by atoms with E-state index in [1.807, 2.05) is 6.92 Å². The highest BCUT2D eigenvalue weighted by Gasteiger charge is 2.13. The molecule has 0 aliphatic rings. The molecule has 1 amide bonds. The van der Waals surface area contributed by atoms with Crippen molar-refractivity contribution in [3.05, 3.63) is 29.3 Å². The van der Waals surface area contributed by atoms with Gasteiger partial charge in [0.05, 0.1) is 11.3 Å². The largest absolute Gasteiger partial charge is 0.478 e. The van der Waals surface area contributed by atoms with Crippen molar-refractivity contribution in [3.8, 4) is 0 Å². The van der Waals surface area contributed by atoms with Crippen molar-refractivity contribution in [1.82, 2.24) is 0 Å². The zero-order valence-corrected chi connectivity index (χ0v) is 12.0. The molecular weight excluding hydrogens is 256 g/mol. The second-order valence-corrected chi connectivity index (χ2v) is 5.12. The monoisotopic (exact) mass is 278 g/mol. The standard InChI is InChI=1S/C15H22N2O3/c1-10(7-8-16)4-6-14(18)17-13-5-3-11(2)9-12(13)15(19)20/h3,5,9-10H,4,6-8,16H2,1-2H3,(H,17,18)(H,19,20). The van der Waals surface area contributed by atoms with Gasteiger partial charge < -0.3 is 16.2 Å². The molecule has 1 aromatic carbocycles. The minimum absolute atomic E-state index is 0.119. The molecule has 0 radical (unpaired) electrons. The molecule has 4 N–H and O–H groups in total. The summed E-state index contributed by atoms with van der Waals surface area (Å²) in [6.07, 6.45) is 2.00. The van der Waals surface area contributed by atoms with E-state index >= 15 is 0 Å². The van der Waals surface area contributed by atoms with E-state index in [0.717, 1.165) is 18.4 Å². The minimum Gasteiger partial charge on any atom is -0.478 e. The number of carbonyl (C=O) groups excluding carboxylic acids is 1. The van der Waals surface area contributed by atoms with Crippen LogP contribution in [0.4, 0.5) is 5.69 Å². The molecule has 20 heavy (non-hydrogen) atoms. The first-order valence-corrected chi connectivity index (χ1v) is 6.78. The van der Waals surface area contributed by atoms with E-state index in [1.54, 1.807) is 18.2 Å². The molecule has 1 rings (SSSR count). The van der Waals surface area contributed by atoms with Gasteiger partial charge in [-0.3, -0.25) is 4.79 Å². The molecule has 5 nitrogen and oxygen atoms in total. The molecule has 0 aliphatic heterocycles. The number of anilines is 1. The Kier molecular flexibility index (Phi) is 6.18. The molecule has 1 unspecified atom stereocenters. The van der Waals surface area contributed by atoms with Crippen LogP contribution in [0.3, 0.4) is 0 Å². The van der Waals surface area contributed by atoms with Gasteiger partial charge in [0.2, 0.25) is 5.91 Å². The number of benzene rings is 1. The third-order valence-corrected chi connectivity index (χ3v) is 3.20. The summed E-state index contributed by atoms with van der Waals surface area (Å²) < 4.78 is 0. The number of carboxylic acids is 1. The normalized spacial score (nSPS) is 11.9. The van der Waals surface area contributed by atoms with Crippen LogP contribution in [-0.2, 0) is 4.79 Å². The molecule has 0 saturated carbocycles. The number of hydrogen-bond donors (Lipinski definition) is 3. The summed E-state index contributed by atoms with van der Waals surface area (Å²) >= 11 is 0. The van der Waals surface area contributed by atoms with Gasteiger partial charge in [0.15, 0.2) is 0 Å². The van der Waals surface area contributed by atoms with Crippen LogP contribution in [0.5, 0.6) is 0 Å². The quantitative estimate of drug-likeness (QED) is 0.714. The number of carboxylic acid groups (broad SMARTS) is 1. The molecule has 0 heterocycles. The summed E-state index contributed by atoms with van der Waals surface area (Å²) in [6.45, 7) is 4.48. The Labute approximate surface area is 119 Å². The lowest BCUT2D eigenvalue weighted by molar-refractivity contribution is -0.116. The fourth-order valence-electron chi connectivity index (χ4n) is 1.96. The summed E-state index contributed by atoms with van der Waals surface area (Å²) in [5, 5.41) is 11.8. The summed E-state index contributed by atoms with van der Waals surface area (Å²) in [7, 11) is 0. The molecule has 0 aliphatic carbocycles. The maximum Gasteiger partial charge on any atom is 0.337 e. The lowest BCUT2D eigenvalue weighted by Crippen LogP contribution is -2.16. The zero-order valence-electron chi connectivity index (χ0n) is 12.0. The fraction of sp³-hybridized carbons (Fsp3) is 0.467. The molecular formula is C15H22N2O3. The lowest BCUT2D eigenvalue weighted by Gasteiger charge is -2.11. The van der Waals surface area contributed by atoms with Crippen molar-refractivity contribution in [1.29, 1.82) is 0 Å². The van der Waals surface area contributed by atoms with Crippen molar-refractivity contribution < 1.29 is 14.7 Å². The first-order chi connectivity index (χ1) is 9.43. The Hall–Kier alpha value is -1.88. The van der Waals surface area contributed by atoms with Crippen LogP contribution in [0, 0.1) is 12.8 Å². The minimum atomic E-state index is -1.04. The smallest absolute Gasteiger partial charge is 0.337 e. The van der Waals surface area contributed by atoms with Crippen LogP contribution in [-0.4, -0.2) is 23.5 Å². The molecule has 1 atom stereocenters. The molecule has 0 fully saturated rings. The highest BCUT2D eigenvalue weighted by Crippen LogP contribution is 2.18. The molecule has 110 valence electrons. The first-order valence-electron chi connectivity index (χ1n) is 6.78. The van der Waals surface area contributed by atoms with E-state index in [-0.39, 0.29) is 11.5 Å². The lowest BCUT2D eigenvalue weighted by atomic mass is 10.0. The summed E-state index contributed by atoms with van der Waals surface area (Å²) in [5.74, 6) is -0.816. The van der Waals surface area contributed by atoms with Gasteiger partial charge in [-0.25, -0.2) is 4.79 Å². The Morgan fingerprint density at radius 3 is 2.65 bits per heavy atom. The van der Waals surface area contributed by atoms with Gasteiger partial charge in [-0.05, 0) is 44.4 Å². The Bertz CT molecular complexity index is 486. The highest BCUT2D eigenvalue weighted by molar-refractivity contribution is 6.00. The second-order valence-electron chi connectivity index (χ2n) is 5.12. The van der Waals surface area contributed by atoms with E-state index in [4.69, 9.17) is 10.8 Å². The topological polar surface area (TPSA) is 92.4 Å². The van der Waals surface area contributed by atoms with Crippen LogP contribution in [0.25, 0.3) is 0 Å². The van der Waals surface area contributed by atoms with Crippen molar-refractivity contribution in [2.45, 2.75) is 33.1 Å². The number of aromatic carboxylic acids is 1. The molecule has 0 bridgehead atoms. The van der Waals surface area contributed by atoms with E-state index in [9.17, 15) is 9.59 Å². The van der Waals surface area contributed by atoms with Gasteiger partial charge in [-0.2, -0.15) is 0 Å². The molecule has 0 saturated heterocycles. The Morgan fingerprint density at radius 2 is 2.05 bits per heavy atom. The highest BCUT2D eigenvalue weighted by atomic mass is 16.4. The molecule has 0 spiro atoms. The van der Waals surface area contributed by atoms with Gasteiger partial charge in [0.25, 0.3) is 0 Å². The van der Waals surface area contributed by atoms with E-state index in [1.165, 1.54) is 0 Å². The number of nitrogens with one attached hydrogen (secondary N) is 1. The second kappa shape index (κ2) is 7.65. The summed E-state index contributed by atoms with van der Waals surface area (Å²) in [5.41, 5.74) is 6.77. The summed E-state index contributed by atoms with van der Waals surface area (Å²) in [4.78, 5) is 23.0. The van der Waals surface area contributed by atoms with Crippen LogP contribution >= 0.6 is 0 Å². The Morgan fingerprint density at radius 1 is 1.35 bits per heavy atom. The third-order valence-electron chi connectivity index (χ3n) is 3.20. The molecule has 5 heteroatoms. The third kappa shape index (κ3) is 5.01. The van der Waals surface area contributed by atoms with Gasteiger partial charge >= 0.3 is 5.97 Å². The Balaban J connectivity index is 2.64. The van der Waals surface area contributed by atoms with Crippen LogP contribution in [0.15, 0.2) is 18.2 Å². The maximum atomic E-state index is 11.8. The van der Waals surface area contributed by atoms with E-state index in [0.29, 0.717) is 24.6 Å².